The highest BCUT2D eigenvalue weighted by atomic mass is 35.5. The summed E-state index contributed by atoms with van der Waals surface area (Å²) in [4.78, 5) is 31.5. The Bertz CT molecular complexity index is 620. The molecule has 2 unspecified atom stereocenters. The number of carboxylic acid groups (broad SMARTS) is 1. The van der Waals surface area contributed by atoms with Gasteiger partial charge < -0.3 is 10.0 Å². The molecule has 1 N–H and O–H groups in total. The summed E-state index contributed by atoms with van der Waals surface area (Å²) in [6.45, 7) is 4.64. The van der Waals surface area contributed by atoms with E-state index in [0.29, 0.717) is 0 Å². The zero-order valence-electron chi connectivity index (χ0n) is 16.0. The van der Waals surface area contributed by atoms with E-state index in [1.54, 1.807) is 11.3 Å². The summed E-state index contributed by atoms with van der Waals surface area (Å²) in [5, 5.41) is 11.0. The highest BCUT2D eigenvalue weighted by Crippen LogP contribution is 2.35. The number of carbonyl (C=O) groups is 2. The van der Waals surface area contributed by atoms with Crippen LogP contribution >= 0.6 is 23.7 Å². The minimum Gasteiger partial charge on any atom is -0.480 e. The molecule has 3 heterocycles. The standard InChI is InChI=1S/C19H29N3O3S.ClH/c1-14(21-10-7-15(8-11-21)20(2)13-18(23)24)19(25)22-9-3-5-16(22)17-6-4-12-26-17;/h4,6,12,14-16H,3,5,7-11,13H2,1-2H3,(H,23,24);1H. The zero-order valence-corrected chi connectivity index (χ0v) is 17.7. The minimum atomic E-state index is -0.785. The lowest BCUT2D eigenvalue weighted by molar-refractivity contribution is -0.138. The first-order valence-corrected chi connectivity index (χ1v) is 10.4. The molecule has 2 aliphatic rings. The van der Waals surface area contributed by atoms with E-state index in [-0.39, 0.29) is 43.0 Å². The fourth-order valence-corrected chi connectivity index (χ4v) is 5.13. The average Bonchev–Trinajstić information content (AvgIpc) is 3.31. The lowest BCUT2D eigenvalue weighted by Crippen LogP contribution is -2.52. The van der Waals surface area contributed by atoms with Crippen LogP contribution in [0.25, 0.3) is 0 Å². The molecule has 0 bridgehead atoms. The zero-order chi connectivity index (χ0) is 18.7. The molecule has 0 aromatic carbocycles. The molecule has 2 atom stereocenters. The third kappa shape index (κ3) is 5.22. The number of thiophene rings is 1. The molecule has 2 aliphatic heterocycles. The molecule has 0 spiro atoms. The van der Waals surface area contributed by atoms with Crippen molar-refractivity contribution >= 4 is 35.6 Å². The van der Waals surface area contributed by atoms with Crippen LogP contribution in [0, 0.1) is 0 Å². The summed E-state index contributed by atoms with van der Waals surface area (Å²) < 4.78 is 0. The van der Waals surface area contributed by atoms with Gasteiger partial charge in [-0.05, 0) is 51.1 Å². The van der Waals surface area contributed by atoms with Crippen molar-refractivity contribution < 1.29 is 14.7 Å². The first-order valence-electron chi connectivity index (χ1n) is 9.47. The van der Waals surface area contributed by atoms with Crippen LogP contribution in [-0.4, -0.2) is 77.0 Å². The van der Waals surface area contributed by atoms with Crippen molar-refractivity contribution in [3.63, 3.8) is 0 Å². The normalized spacial score (nSPS) is 22.6. The Morgan fingerprint density at radius 3 is 2.59 bits per heavy atom. The van der Waals surface area contributed by atoms with E-state index in [1.165, 1.54) is 4.88 Å². The number of carboxylic acids is 1. The molecule has 0 radical (unpaired) electrons. The Hall–Kier alpha value is -1.15. The van der Waals surface area contributed by atoms with Crippen molar-refractivity contribution in [2.24, 2.45) is 0 Å². The number of likely N-dealkylation sites (N-methyl/N-ethyl adjacent to an activating group) is 1. The molecule has 3 rings (SSSR count). The van der Waals surface area contributed by atoms with E-state index >= 15 is 0 Å². The summed E-state index contributed by atoms with van der Waals surface area (Å²) in [5.41, 5.74) is 0. The maximum atomic E-state index is 13.1. The molecule has 27 heavy (non-hydrogen) atoms. The van der Waals surface area contributed by atoms with E-state index < -0.39 is 5.97 Å². The van der Waals surface area contributed by atoms with Gasteiger partial charge in [0.25, 0.3) is 0 Å². The molecule has 1 amide bonds. The molecule has 0 aliphatic carbocycles. The number of piperidine rings is 1. The van der Waals surface area contributed by atoms with Crippen molar-refractivity contribution in [3.8, 4) is 0 Å². The molecule has 2 saturated heterocycles. The molecule has 1 aromatic heterocycles. The second-order valence-corrected chi connectivity index (χ2v) is 8.44. The predicted octanol–water partition coefficient (Wildman–Crippen LogP) is 2.70. The molecule has 152 valence electrons. The van der Waals surface area contributed by atoms with Gasteiger partial charge >= 0.3 is 5.97 Å². The molecular formula is C19H30ClN3O3S. The minimum absolute atomic E-state index is 0. The number of carbonyl (C=O) groups excluding carboxylic acids is 1. The Balaban J connectivity index is 0.00000261. The van der Waals surface area contributed by atoms with Crippen LogP contribution in [0.2, 0.25) is 0 Å². The van der Waals surface area contributed by atoms with Gasteiger partial charge in [-0.2, -0.15) is 0 Å². The van der Waals surface area contributed by atoms with E-state index in [9.17, 15) is 9.59 Å². The van der Waals surface area contributed by atoms with Crippen LogP contribution in [0.3, 0.4) is 0 Å². The van der Waals surface area contributed by atoms with E-state index in [2.05, 4.69) is 27.3 Å². The summed E-state index contributed by atoms with van der Waals surface area (Å²) in [6.07, 6.45) is 3.95. The van der Waals surface area contributed by atoms with Gasteiger partial charge in [-0.25, -0.2) is 0 Å². The van der Waals surface area contributed by atoms with Crippen LogP contribution in [0.5, 0.6) is 0 Å². The maximum absolute atomic E-state index is 13.1. The smallest absolute Gasteiger partial charge is 0.317 e. The van der Waals surface area contributed by atoms with Crippen molar-refractivity contribution in [2.45, 2.75) is 50.7 Å². The van der Waals surface area contributed by atoms with Crippen molar-refractivity contribution in [2.75, 3.05) is 33.2 Å². The number of amides is 1. The maximum Gasteiger partial charge on any atom is 0.317 e. The van der Waals surface area contributed by atoms with Gasteiger partial charge in [-0.3, -0.25) is 19.4 Å². The molecule has 2 fully saturated rings. The lowest BCUT2D eigenvalue weighted by Gasteiger charge is -2.40. The molecule has 1 aromatic rings. The van der Waals surface area contributed by atoms with Gasteiger partial charge in [0.15, 0.2) is 0 Å². The Labute approximate surface area is 171 Å². The highest BCUT2D eigenvalue weighted by molar-refractivity contribution is 7.10. The Morgan fingerprint density at radius 1 is 1.30 bits per heavy atom. The van der Waals surface area contributed by atoms with E-state index in [0.717, 1.165) is 45.3 Å². The van der Waals surface area contributed by atoms with Gasteiger partial charge in [-0.15, -0.1) is 23.7 Å². The number of hydrogen-bond acceptors (Lipinski definition) is 5. The van der Waals surface area contributed by atoms with Crippen LogP contribution in [0.15, 0.2) is 17.5 Å². The van der Waals surface area contributed by atoms with Gasteiger partial charge in [0, 0.05) is 30.6 Å². The third-order valence-electron chi connectivity index (χ3n) is 5.82. The molecule has 0 saturated carbocycles. The predicted molar refractivity (Wildman–Crippen MR) is 110 cm³/mol. The summed E-state index contributed by atoms with van der Waals surface area (Å²) in [5.74, 6) is -0.551. The second kappa shape index (κ2) is 9.87. The summed E-state index contributed by atoms with van der Waals surface area (Å²) in [6, 6.07) is 4.61. The van der Waals surface area contributed by atoms with Crippen LogP contribution in [0.4, 0.5) is 0 Å². The number of hydrogen-bond donors (Lipinski definition) is 1. The summed E-state index contributed by atoms with van der Waals surface area (Å²) >= 11 is 1.74. The van der Waals surface area contributed by atoms with Gasteiger partial charge in [0.2, 0.25) is 5.91 Å². The average molecular weight is 416 g/mol. The number of nitrogens with zero attached hydrogens (tertiary/aromatic N) is 3. The van der Waals surface area contributed by atoms with Crippen LogP contribution in [-0.2, 0) is 9.59 Å². The lowest BCUT2D eigenvalue weighted by atomic mass is 10.0. The molecule has 6 nitrogen and oxygen atoms in total. The molecular weight excluding hydrogens is 386 g/mol. The Morgan fingerprint density at radius 2 is 2.00 bits per heavy atom. The van der Waals surface area contributed by atoms with Crippen molar-refractivity contribution in [3.05, 3.63) is 22.4 Å². The van der Waals surface area contributed by atoms with Gasteiger partial charge in [0.05, 0.1) is 18.6 Å². The second-order valence-electron chi connectivity index (χ2n) is 7.46. The van der Waals surface area contributed by atoms with E-state index in [4.69, 9.17) is 5.11 Å². The number of rotatable bonds is 6. The first-order chi connectivity index (χ1) is 12.5. The van der Waals surface area contributed by atoms with Gasteiger partial charge in [-0.1, -0.05) is 6.07 Å². The SMILES string of the molecule is CC(C(=O)N1CCCC1c1cccs1)N1CCC(N(C)CC(=O)O)CC1.Cl. The fourth-order valence-electron chi connectivity index (χ4n) is 4.26. The van der Waals surface area contributed by atoms with Crippen molar-refractivity contribution in [1.82, 2.24) is 14.7 Å². The largest absolute Gasteiger partial charge is 0.480 e. The highest BCUT2D eigenvalue weighted by Gasteiger charge is 2.36. The van der Waals surface area contributed by atoms with Crippen LogP contribution in [0.1, 0.15) is 43.5 Å². The first kappa shape index (κ1) is 22.1. The van der Waals surface area contributed by atoms with Crippen molar-refractivity contribution in [1.29, 1.82) is 0 Å². The third-order valence-corrected chi connectivity index (χ3v) is 6.79. The number of likely N-dealkylation sites (tertiary alicyclic amines) is 2. The van der Waals surface area contributed by atoms with Crippen LogP contribution < -0.4 is 0 Å². The van der Waals surface area contributed by atoms with E-state index in [1.807, 2.05) is 18.9 Å². The quantitative estimate of drug-likeness (QED) is 0.773. The monoisotopic (exact) mass is 415 g/mol. The number of aliphatic carboxylic acids is 1. The fraction of sp³-hybridized carbons (Fsp3) is 0.684. The number of halogens is 1. The Kier molecular flexibility index (Phi) is 8.09. The molecule has 8 heteroatoms. The summed E-state index contributed by atoms with van der Waals surface area (Å²) in [7, 11) is 1.87. The topological polar surface area (TPSA) is 64.1 Å². The van der Waals surface area contributed by atoms with Gasteiger partial charge in [0.1, 0.15) is 0 Å².